The molecule has 0 radical (unpaired) electrons. The van der Waals surface area contributed by atoms with Crippen molar-refractivity contribution in [2.24, 2.45) is 5.73 Å². The highest BCUT2D eigenvalue weighted by Gasteiger charge is 2.12. The van der Waals surface area contributed by atoms with Gasteiger partial charge in [0.1, 0.15) is 5.82 Å². The molecule has 0 aliphatic carbocycles. The zero-order valence-corrected chi connectivity index (χ0v) is 15.5. The van der Waals surface area contributed by atoms with E-state index in [0.717, 1.165) is 49.2 Å². The van der Waals surface area contributed by atoms with E-state index in [9.17, 15) is 9.18 Å². The zero-order valence-electron chi connectivity index (χ0n) is 14.7. The van der Waals surface area contributed by atoms with Crippen molar-refractivity contribution in [3.05, 3.63) is 41.8 Å². The highest BCUT2D eigenvalue weighted by atomic mass is 35.5. The van der Waals surface area contributed by atoms with Crippen molar-refractivity contribution in [2.45, 2.75) is 38.6 Å². The Hall–Kier alpha value is -1.92. The highest BCUT2D eigenvalue weighted by molar-refractivity contribution is 5.85. The molecule has 2 rings (SSSR count). The van der Waals surface area contributed by atoms with E-state index in [1.807, 2.05) is 12.1 Å². The third kappa shape index (κ3) is 6.48. The first kappa shape index (κ1) is 21.1. The van der Waals surface area contributed by atoms with Gasteiger partial charge in [-0.1, -0.05) is 18.6 Å². The van der Waals surface area contributed by atoms with Crippen LogP contribution in [0.4, 0.5) is 4.39 Å². The number of benzene rings is 1. The minimum Gasteiger partial charge on any atom is -0.344 e. The molecule has 7 heteroatoms. The Morgan fingerprint density at radius 3 is 2.76 bits per heavy atom. The largest absolute Gasteiger partial charge is 0.344 e. The van der Waals surface area contributed by atoms with Crippen molar-refractivity contribution in [3.63, 3.8) is 0 Å². The second kappa shape index (κ2) is 10.2. The molecule has 0 aliphatic rings. The molecule has 1 heterocycles. The topological polar surface area (TPSA) is 75.0 Å². The molecule has 138 valence electrons. The summed E-state index contributed by atoms with van der Waals surface area (Å²) in [4.78, 5) is 13.3. The molecule has 0 bridgehead atoms. The number of nitrogens with two attached hydrogens (primary N) is 1. The summed E-state index contributed by atoms with van der Waals surface area (Å²) in [5, 5.41) is 7.24. The first-order valence-electron chi connectivity index (χ1n) is 8.28. The summed E-state index contributed by atoms with van der Waals surface area (Å²) in [5.41, 5.74) is 8.14. The zero-order chi connectivity index (χ0) is 17.5. The van der Waals surface area contributed by atoms with Gasteiger partial charge in [0.2, 0.25) is 5.91 Å². The van der Waals surface area contributed by atoms with Crippen molar-refractivity contribution in [3.8, 4) is 11.3 Å². The van der Waals surface area contributed by atoms with Crippen LogP contribution in [-0.4, -0.2) is 40.6 Å². The molecule has 3 N–H and O–H groups in total. The number of H-pyrrole nitrogens is 1. The van der Waals surface area contributed by atoms with Crippen LogP contribution < -0.4 is 5.73 Å². The van der Waals surface area contributed by atoms with E-state index in [2.05, 4.69) is 10.2 Å². The second-order valence-electron chi connectivity index (χ2n) is 6.15. The van der Waals surface area contributed by atoms with Crippen molar-refractivity contribution in [2.75, 3.05) is 13.6 Å². The van der Waals surface area contributed by atoms with Gasteiger partial charge in [-0.2, -0.15) is 5.10 Å². The quantitative estimate of drug-likeness (QED) is 0.703. The number of hydrogen-bond acceptors (Lipinski definition) is 3. The standard InChI is InChI=1S/C18H25FN4O.ClH/c1-13(20)18(24)23(2)10-5-3-4-9-16-12-17(22-21-16)14-7-6-8-15(19)11-14;/h6-8,11-13H,3-5,9-10,20H2,1-2H3,(H,21,22);1H. The summed E-state index contributed by atoms with van der Waals surface area (Å²) < 4.78 is 13.2. The fraction of sp³-hybridized carbons (Fsp3) is 0.444. The summed E-state index contributed by atoms with van der Waals surface area (Å²) in [5.74, 6) is -0.286. The summed E-state index contributed by atoms with van der Waals surface area (Å²) in [7, 11) is 1.78. The molecule has 1 aromatic carbocycles. The third-order valence-corrected chi connectivity index (χ3v) is 3.96. The van der Waals surface area contributed by atoms with Gasteiger partial charge in [0, 0.05) is 24.8 Å². The van der Waals surface area contributed by atoms with Gasteiger partial charge in [-0.15, -0.1) is 12.4 Å². The predicted octanol–water partition coefficient (Wildman–Crippen LogP) is 3.16. The number of unbranched alkanes of at least 4 members (excludes halogenated alkanes) is 2. The summed E-state index contributed by atoms with van der Waals surface area (Å²) >= 11 is 0. The Balaban J connectivity index is 0.00000312. The molecule has 1 unspecified atom stereocenters. The molecule has 0 spiro atoms. The molecular weight excluding hydrogens is 343 g/mol. The molecule has 0 saturated heterocycles. The maximum absolute atomic E-state index is 13.2. The van der Waals surface area contributed by atoms with Gasteiger partial charge in [-0.25, -0.2) is 4.39 Å². The van der Waals surface area contributed by atoms with Crippen LogP contribution in [-0.2, 0) is 11.2 Å². The molecule has 1 aromatic heterocycles. The van der Waals surface area contributed by atoms with Crippen LogP contribution in [0.3, 0.4) is 0 Å². The first-order valence-corrected chi connectivity index (χ1v) is 8.28. The van der Waals surface area contributed by atoms with Crippen LogP contribution in [0, 0.1) is 5.82 Å². The van der Waals surface area contributed by atoms with Crippen molar-refractivity contribution < 1.29 is 9.18 Å². The summed E-state index contributed by atoms with van der Waals surface area (Å²) in [6, 6.07) is 7.94. The summed E-state index contributed by atoms with van der Waals surface area (Å²) in [6.45, 7) is 2.42. The highest BCUT2D eigenvalue weighted by Crippen LogP contribution is 2.19. The normalized spacial score (nSPS) is 11.7. The number of amides is 1. The Bertz CT molecular complexity index is 675. The number of halogens is 2. The minimum absolute atomic E-state index is 0. The van der Waals surface area contributed by atoms with Gasteiger partial charge in [-0.05, 0) is 44.4 Å². The maximum atomic E-state index is 13.2. The van der Waals surface area contributed by atoms with E-state index in [1.165, 1.54) is 12.1 Å². The minimum atomic E-state index is -0.443. The second-order valence-corrected chi connectivity index (χ2v) is 6.15. The van der Waals surface area contributed by atoms with E-state index in [0.29, 0.717) is 0 Å². The number of nitrogens with zero attached hydrogens (tertiary/aromatic N) is 2. The van der Waals surface area contributed by atoms with Crippen molar-refractivity contribution in [1.29, 1.82) is 0 Å². The number of aryl methyl sites for hydroxylation is 1. The molecular formula is C18H26ClFN4O. The molecule has 2 aromatic rings. The van der Waals surface area contributed by atoms with Crippen LogP contribution in [0.15, 0.2) is 30.3 Å². The number of aromatic nitrogens is 2. The SMILES string of the molecule is CC(N)C(=O)N(C)CCCCCc1cc(-c2cccc(F)c2)n[nH]1.Cl. The van der Waals surface area contributed by atoms with Gasteiger partial charge in [0.05, 0.1) is 11.7 Å². The Labute approximate surface area is 154 Å². The average molecular weight is 369 g/mol. The van der Waals surface area contributed by atoms with Gasteiger partial charge in [0.25, 0.3) is 0 Å². The number of aromatic amines is 1. The molecule has 0 fully saturated rings. The predicted molar refractivity (Wildman–Crippen MR) is 100 cm³/mol. The number of carbonyl (C=O) groups is 1. The Kier molecular flexibility index (Phi) is 8.58. The fourth-order valence-corrected chi connectivity index (χ4v) is 2.58. The van der Waals surface area contributed by atoms with E-state index < -0.39 is 6.04 Å². The Morgan fingerprint density at radius 1 is 1.32 bits per heavy atom. The lowest BCUT2D eigenvalue weighted by Crippen LogP contribution is -2.40. The fourth-order valence-electron chi connectivity index (χ4n) is 2.58. The van der Waals surface area contributed by atoms with Crippen molar-refractivity contribution in [1.82, 2.24) is 15.1 Å². The molecule has 5 nitrogen and oxygen atoms in total. The van der Waals surface area contributed by atoms with Crippen LogP contribution in [0.5, 0.6) is 0 Å². The Morgan fingerprint density at radius 2 is 2.08 bits per heavy atom. The van der Waals surface area contributed by atoms with Crippen molar-refractivity contribution >= 4 is 18.3 Å². The number of nitrogens with one attached hydrogen (secondary N) is 1. The van der Waals surface area contributed by atoms with Gasteiger partial charge in [-0.3, -0.25) is 9.89 Å². The lowest BCUT2D eigenvalue weighted by atomic mass is 10.1. The first-order chi connectivity index (χ1) is 11.5. The maximum Gasteiger partial charge on any atom is 0.238 e. The van der Waals surface area contributed by atoms with Gasteiger partial charge >= 0.3 is 0 Å². The van der Waals surface area contributed by atoms with E-state index in [-0.39, 0.29) is 24.1 Å². The van der Waals surface area contributed by atoms with E-state index in [1.54, 1.807) is 24.9 Å². The van der Waals surface area contributed by atoms with Crippen LogP contribution in [0.25, 0.3) is 11.3 Å². The third-order valence-electron chi connectivity index (χ3n) is 3.96. The molecule has 0 saturated carbocycles. The lowest BCUT2D eigenvalue weighted by Gasteiger charge is -2.18. The smallest absolute Gasteiger partial charge is 0.238 e. The molecule has 25 heavy (non-hydrogen) atoms. The van der Waals surface area contributed by atoms with Gasteiger partial charge < -0.3 is 10.6 Å². The molecule has 1 atom stereocenters. The number of hydrogen-bond donors (Lipinski definition) is 2. The monoisotopic (exact) mass is 368 g/mol. The van der Waals surface area contributed by atoms with Gasteiger partial charge in [0.15, 0.2) is 0 Å². The van der Waals surface area contributed by atoms with Crippen LogP contribution >= 0.6 is 12.4 Å². The van der Waals surface area contributed by atoms with E-state index >= 15 is 0 Å². The van der Waals surface area contributed by atoms with Crippen LogP contribution in [0.2, 0.25) is 0 Å². The lowest BCUT2D eigenvalue weighted by molar-refractivity contribution is -0.130. The van der Waals surface area contributed by atoms with Crippen LogP contribution in [0.1, 0.15) is 31.9 Å². The number of carbonyl (C=O) groups excluding carboxylic acids is 1. The summed E-state index contributed by atoms with van der Waals surface area (Å²) in [6.07, 6.45) is 3.85. The molecule has 0 aliphatic heterocycles. The average Bonchev–Trinajstić information content (AvgIpc) is 3.02. The number of rotatable bonds is 8. The van der Waals surface area contributed by atoms with E-state index in [4.69, 9.17) is 5.73 Å². The number of likely N-dealkylation sites (N-methyl/N-ethyl adjacent to an activating group) is 1. The molecule has 1 amide bonds.